The fourth-order valence-corrected chi connectivity index (χ4v) is 2.52. The van der Waals surface area contributed by atoms with E-state index in [-0.39, 0.29) is 5.60 Å². The van der Waals surface area contributed by atoms with Gasteiger partial charge >= 0.3 is 0 Å². The Labute approximate surface area is 123 Å². The van der Waals surface area contributed by atoms with Gasteiger partial charge in [0.15, 0.2) is 0 Å². The Bertz CT molecular complexity index is 378. The second-order valence-corrected chi connectivity index (χ2v) is 5.51. The molecule has 1 rings (SSSR count). The Morgan fingerprint density at radius 3 is 2.60 bits per heavy atom. The molecule has 0 saturated heterocycles. The first kappa shape index (κ1) is 17.2. The summed E-state index contributed by atoms with van der Waals surface area (Å²) in [5, 5.41) is 8.03. The molecule has 0 aliphatic carbocycles. The zero-order chi connectivity index (χ0) is 15.0. The Balaban J connectivity index is 2.81. The van der Waals surface area contributed by atoms with E-state index in [1.807, 2.05) is 10.9 Å². The van der Waals surface area contributed by atoms with Crippen molar-refractivity contribution < 1.29 is 4.74 Å². The van der Waals surface area contributed by atoms with Crippen molar-refractivity contribution >= 4 is 0 Å². The minimum absolute atomic E-state index is 0.127. The molecular weight excluding hydrogens is 250 g/mol. The molecule has 0 amide bonds. The molecule has 0 spiro atoms. The largest absolute Gasteiger partial charge is 0.374 e. The number of aromatic nitrogens is 2. The minimum Gasteiger partial charge on any atom is -0.374 e. The van der Waals surface area contributed by atoms with Crippen molar-refractivity contribution in [1.29, 1.82) is 0 Å². The van der Waals surface area contributed by atoms with Gasteiger partial charge in [-0.1, -0.05) is 13.8 Å². The molecule has 1 aromatic heterocycles. The van der Waals surface area contributed by atoms with Crippen LogP contribution in [0.4, 0.5) is 0 Å². The third kappa shape index (κ3) is 4.60. The second kappa shape index (κ2) is 8.42. The Morgan fingerprint density at radius 2 is 2.10 bits per heavy atom. The third-order valence-corrected chi connectivity index (χ3v) is 4.00. The summed E-state index contributed by atoms with van der Waals surface area (Å²) in [6.07, 6.45) is 7.22. The van der Waals surface area contributed by atoms with Gasteiger partial charge in [0.2, 0.25) is 0 Å². The van der Waals surface area contributed by atoms with E-state index < -0.39 is 0 Å². The molecule has 20 heavy (non-hydrogen) atoms. The SMILES string of the molecule is CCCNC(Cc1cnn(CC)c1)C(C)(CC)OCC. The molecule has 1 aromatic rings. The fraction of sp³-hybridized carbons (Fsp3) is 0.812. The van der Waals surface area contributed by atoms with Crippen LogP contribution in [0, 0.1) is 0 Å². The van der Waals surface area contributed by atoms with Gasteiger partial charge in [0.05, 0.1) is 11.8 Å². The number of hydrogen-bond acceptors (Lipinski definition) is 3. The predicted molar refractivity (Wildman–Crippen MR) is 84.0 cm³/mol. The molecule has 0 aromatic carbocycles. The zero-order valence-corrected chi connectivity index (χ0v) is 13.8. The molecule has 4 nitrogen and oxygen atoms in total. The highest BCUT2D eigenvalue weighted by atomic mass is 16.5. The van der Waals surface area contributed by atoms with Crippen LogP contribution in [0.2, 0.25) is 0 Å². The number of ether oxygens (including phenoxy) is 1. The molecule has 0 aliphatic rings. The number of aryl methyl sites for hydroxylation is 1. The number of nitrogens with zero attached hydrogens (tertiary/aromatic N) is 2. The van der Waals surface area contributed by atoms with Gasteiger partial charge in [-0.3, -0.25) is 4.68 Å². The van der Waals surface area contributed by atoms with Crippen LogP contribution in [-0.4, -0.2) is 34.6 Å². The van der Waals surface area contributed by atoms with Crippen LogP contribution in [0.1, 0.15) is 53.0 Å². The topological polar surface area (TPSA) is 39.1 Å². The summed E-state index contributed by atoms with van der Waals surface area (Å²) in [6.45, 7) is 13.5. The minimum atomic E-state index is -0.127. The van der Waals surface area contributed by atoms with Gasteiger partial charge in [0, 0.05) is 25.4 Å². The van der Waals surface area contributed by atoms with E-state index in [2.05, 4.69) is 51.2 Å². The van der Waals surface area contributed by atoms with Gasteiger partial charge in [-0.05, 0) is 52.1 Å². The fourth-order valence-electron chi connectivity index (χ4n) is 2.52. The van der Waals surface area contributed by atoms with Crippen molar-refractivity contribution in [3.63, 3.8) is 0 Å². The van der Waals surface area contributed by atoms with Gasteiger partial charge in [0.1, 0.15) is 0 Å². The van der Waals surface area contributed by atoms with Crippen molar-refractivity contribution in [2.45, 2.75) is 72.1 Å². The summed E-state index contributed by atoms with van der Waals surface area (Å²) < 4.78 is 8.04. The maximum atomic E-state index is 6.05. The van der Waals surface area contributed by atoms with E-state index in [9.17, 15) is 0 Å². The molecule has 1 heterocycles. The predicted octanol–water partition coefficient (Wildman–Crippen LogP) is 3.02. The van der Waals surface area contributed by atoms with Gasteiger partial charge in [-0.25, -0.2) is 0 Å². The lowest BCUT2D eigenvalue weighted by Crippen LogP contribution is -2.51. The first-order chi connectivity index (χ1) is 9.59. The van der Waals surface area contributed by atoms with Crippen LogP contribution in [0.5, 0.6) is 0 Å². The van der Waals surface area contributed by atoms with Crippen molar-refractivity contribution in [2.24, 2.45) is 0 Å². The lowest BCUT2D eigenvalue weighted by atomic mass is 9.88. The van der Waals surface area contributed by atoms with E-state index in [0.717, 1.165) is 39.0 Å². The van der Waals surface area contributed by atoms with Gasteiger partial charge in [-0.15, -0.1) is 0 Å². The monoisotopic (exact) mass is 281 g/mol. The summed E-state index contributed by atoms with van der Waals surface area (Å²) in [5.74, 6) is 0. The molecule has 0 fully saturated rings. The molecule has 116 valence electrons. The number of nitrogens with one attached hydrogen (secondary N) is 1. The second-order valence-electron chi connectivity index (χ2n) is 5.51. The normalized spacial score (nSPS) is 16.1. The maximum absolute atomic E-state index is 6.05. The summed E-state index contributed by atoms with van der Waals surface area (Å²) in [5.41, 5.74) is 1.15. The van der Waals surface area contributed by atoms with Crippen molar-refractivity contribution in [2.75, 3.05) is 13.2 Å². The van der Waals surface area contributed by atoms with Crippen LogP contribution in [0.3, 0.4) is 0 Å². The molecule has 4 heteroatoms. The smallest absolute Gasteiger partial charge is 0.0807 e. The molecule has 0 bridgehead atoms. The van der Waals surface area contributed by atoms with Crippen molar-refractivity contribution in [3.05, 3.63) is 18.0 Å². The standard InChI is InChI=1S/C16H31N3O/c1-6-10-17-15(16(5,7-2)20-9-4)11-14-12-18-19(8-3)13-14/h12-13,15,17H,6-11H2,1-5H3. The van der Waals surface area contributed by atoms with E-state index >= 15 is 0 Å². The van der Waals surface area contributed by atoms with Crippen LogP contribution in [0.25, 0.3) is 0 Å². The Morgan fingerprint density at radius 1 is 1.35 bits per heavy atom. The van der Waals surface area contributed by atoms with E-state index in [0.29, 0.717) is 6.04 Å². The molecule has 0 aliphatic heterocycles. The van der Waals surface area contributed by atoms with Crippen LogP contribution >= 0.6 is 0 Å². The lowest BCUT2D eigenvalue weighted by Gasteiger charge is -2.37. The van der Waals surface area contributed by atoms with Gasteiger partial charge in [-0.2, -0.15) is 5.10 Å². The number of rotatable bonds is 10. The highest BCUT2D eigenvalue weighted by molar-refractivity contribution is 5.09. The van der Waals surface area contributed by atoms with Crippen molar-refractivity contribution in [1.82, 2.24) is 15.1 Å². The summed E-state index contributed by atoms with van der Waals surface area (Å²) in [6, 6.07) is 0.321. The Hall–Kier alpha value is -0.870. The van der Waals surface area contributed by atoms with Crippen molar-refractivity contribution in [3.8, 4) is 0 Å². The van der Waals surface area contributed by atoms with Crippen LogP contribution in [0.15, 0.2) is 12.4 Å². The molecule has 2 unspecified atom stereocenters. The molecule has 0 radical (unpaired) electrons. The van der Waals surface area contributed by atoms with E-state index in [1.165, 1.54) is 5.56 Å². The average molecular weight is 281 g/mol. The molecule has 1 N–H and O–H groups in total. The molecule has 2 atom stereocenters. The first-order valence-corrected chi connectivity index (χ1v) is 7.98. The van der Waals surface area contributed by atoms with Crippen LogP contribution in [-0.2, 0) is 17.7 Å². The number of hydrogen-bond donors (Lipinski definition) is 1. The summed E-state index contributed by atoms with van der Waals surface area (Å²) in [4.78, 5) is 0. The summed E-state index contributed by atoms with van der Waals surface area (Å²) >= 11 is 0. The zero-order valence-electron chi connectivity index (χ0n) is 13.8. The maximum Gasteiger partial charge on any atom is 0.0807 e. The molecular formula is C16H31N3O. The first-order valence-electron chi connectivity index (χ1n) is 7.98. The van der Waals surface area contributed by atoms with E-state index in [4.69, 9.17) is 4.74 Å². The third-order valence-electron chi connectivity index (χ3n) is 4.00. The van der Waals surface area contributed by atoms with Gasteiger partial charge in [0.25, 0.3) is 0 Å². The average Bonchev–Trinajstić information content (AvgIpc) is 2.91. The Kier molecular flexibility index (Phi) is 7.24. The van der Waals surface area contributed by atoms with Gasteiger partial charge < -0.3 is 10.1 Å². The van der Waals surface area contributed by atoms with E-state index in [1.54, 1.807) is 0 Å². The quantitative estimate of drug-likeness (QED) is 0.716. The van der Waals surface area contributed by atoms with Crippen LogP contribution < -0.4 is 5.32 Å². The lowest BCUT2D eigenvalue weighted by molar-refractivity contribution is -0.0549. The summed E-state index contributed by atoms with van der Waals surface area (Å²) in [7, 11) is 0. The highest BCUT2D eigenvalue weighted by Gasteiger charge is 2.33. The molecule has 0 saturated carbocycles. The highest BCUT2D eigenvalue weighted by Crippen LogP contribution is 2.23.